The van der Waals surface area contributed by atoms with E-state index in [1.54, 1.807) is 6.92 Å². The molecule has 0 saturated carbocycles. The number of rotatable bonds is 5. The molecule has 0 bridgehead atoms. The van der Waals surface area contributed by atoms with Gasteiger partial charge in [0.2, 0.25) is 0 Å². The molecule has 1 amide bonds. The predicted octanol–water partition coefficient (Wildman–Crippen LogP) is 5.99. The van der Waals surface area contributed by atoms with Gasteiger partial charge in [-0.2, -0.15) is 0 Å². The molecular weight excluding hydrogens is 394 g/mol. The lowest BCUT2D eigenvalue weighted by molar-refractivity contribution is -0.111. The minimum atomic E-state index is -0.296. The lowest BCUT2D eigenvalue weighted by Gasteiger charge is -2.19. The van der Waals surface area contributed by atoms with Crippen LogP contribution in [0.15, 0.2) is 85.2 Å². The lowest BCUT2D eigenvalue weighted by atomic mass is 9.85. The summed E-state index contributed by atoms with van der Waals surface area (Å²) in [5.74, 6) is 5.03. The molecule has 0 radical (unpaired) electrons. The second-order valence-corrected chi connectivity index (χ2v) is 7.82. The van der Waals surface area contributed by atoms with Gasteiger partial charge < -0.3 is 15.3 Å². The molecule has 5 rings (SSSR count). The number of anilines is 1. The van der Waals surface area contributed by atoms with Gasteiger partial charge in [0.15, 0.2) is 0 Å². The van der Waals surface area contributed by atoms with Crippen LogP contribution in [0.4, 0.5) is 5.69 Å². The van der Waals surface area contributed by atoms with Crippen molar-refractivity contribution in [2.75, 3.05) is 5.32 Å². The highest BCUT2D eigenvalue weighted by molar-refractivity contribution is 6.04. The SMILES string of the molecule is CC#CC(=O)Nc1ccccc1CC(c1c[nH]c2ccccc12)c1c[nH]c2ccccc12. The van der Waals surface area contributed by atoms with Crippen LogP contribution in [0.3, 0.4) is 0 Å². The fourth-order valence-electron chi connectivity index (χ4n) is 4.46. The van der Waals surface area contributed by atoms with Crippen molar-refractivity contribution in [2.24, 2.45) is 0 Å². The summed E-state index contributed by atoms with van der Waals surface area (Å²) in [6.07, 6.45) is 4.96. The molecule has 3 N–H and O–H groups in total. The average molecular weight is 418 g/mol. The zero-order valence-electron chi connectivity index (χ0n) is 17.8. The smallest absolute Gasteiger partial charge is 0.300 e. The summed E-state index contributed by atoms with van der Waals surface area (Å²) in [6, 6.07) is 24.7. The fraction of sp³-hybridized carbons (Fsp3) is 0.107. The first-order chi connectivity index (χ1) is 15.7. The average Bonchev–Trinajstić information content (AvgIpc) is 3.43. The number of carbonyl (C=O) groups is 1. The molecular formula is C28H23N3O. The molecule has 32 heavy (non-hydrogen) atoms. The van der Waals surface area contributed by atoms with E-state index in [1.165, 1.54) is 21.9 Å². The number of aromatic amines is 2. The van der Waals surface area contributed by atoms with Gasteiger partial charge >= 0.3 is 0 Å². The molecule has 0 aliphatic heterocycles. The van der Waals surface area contributed by atoms with Crippen LogP contribution >= 0.6 is 0 Å². The molecule has 5 aromatic rings. The molecule has 0 aliphatic rings. The topological polar surface area (TPSA) is 60.7 Å². The van der Waals surface area contributed by atoms with Gasteiger partial charge in [0.1, 0.15) is 0 Å². The van der Waals surface area contributed by atoms with E-state index in [9.17, 15) is 4.79 Å². The van der Waals surface area contributed by atoms with E-state index in [4.69, 9.17) is 0 Å². The Morgan fingerprint density at radius 2 is 1.41 bits per heavy atom. The Morgan fingerprint density at radius 3 is 2.03 bits per heavy atom. The fourth-order valence-corrected chi connectivity index (χ4v) is 4.46. The zero-order chi connectivity index (χ0) is 21.9. The van der Waals surface area contributed by atoms with Crippen molar-refractivity contribution in [3.05, 3.63) is 102 Å². The van der Waals surface area contributed by atoms with E-state index in [0.29, 0.717) is 0 Å². The summed E-state index contributed by atoms with van der Waals surface area (Å²) in [7, 11) is 0. The number of fused-ring (bicyclic) bond motifs is 2. The maximum atomic E-state index is 12.2. The third kappa shape index (κ3) is 3.66. The van der Waals surface area contributed by atoms with E-state index in [1.807, 2.05) is 30.3 Å². The van der Waals surface area contributed by atoms with Crippen LogP contribution in [0.2, 0.25) is 0 Å². The third-order valence-electron chi connectivity index (χ3n) is 5.92. The van der Waals surface area contributed by atoms with Gasteiger partial charge in [0, 0.05) is 45.8 Å². The molecule has 0 aliphatic carbocycles. The van der Waals surface area contributed by atoms with Crippen molar-refractivity contribution in [3.8, 4) is 11.8 Å². The van der Waals surface area contributed by atoms with Gasteiger partial charge in [-0.25, -0.2) is 0 Å². The molecule has 0 spiro atoms. The Labute approximate surface area is 186 Å². The van der Waals surface area contributed by atoms with Crippen molar-refractivity contribution in [3.63, 3.8) is 0 Å². The van der Waals surface area contributed by atoms with E-state index in [0.717, 1.165) is 28.7 Å². The largest absolute Gasteiger partial charge is 0.361 e. The Balaban J connectivity index is 1.64. The Kier molecular flexibility index (Phi) is 5.23. The van der Waals surface area contributed by atoms with Gasteiger partial charge in [-0.15, -0.1) is 0 Å². The molecule has 156 valence electrons. The minimum Gasteiger partial charge on any atom is -0.361 e. The number of carbonyl (C=O) groups excluding carboxylic acids is 1. The van der Waals surface area contributed by atoms with Crippen molar-refractivity contribution < 1.29 is 4.79 Å². The Bertz CT molecular complexity index is 1400. The lowest BCUT2D eigenvalue weighted by Crippen LogP contribution is -2.12. The first kappa shape index (κ1) is 19.7. The van der Waals surface area contributed by atoms with Crippen LogP contribution in [-0.2, 0) is 11.2 Å². The van der Waals surface area contributed by atoms with Crippen molar-refractivity contribution in [1.82, 2.24) is 9.97 Å². The van der Waals surface area contributed by atoms with Crippen LogP contribution in [0.5, 0.6) is 0 Å². The van der Waals surface area contributed by atoms with Crippen LogP contribution in [0.1, 0.15) is 29.5 Å². The highest BCUT2D eigenvalue weighted by Crippen LogP contribution is 2.38. The number of hydrogen-bond donors (Lipinski definition) is 3. The molecule has 2 aromatic heterocycles. The van der Waals surface area contributed by atoms with Crippen molar-refractivity contribution in [1.29, 1.82) is 0 Å². The van der Waals surface area contributed by atoms with Gasteiger partial charge in [-0.3, -0.25) is 4.79 Å². The van der Waals surface area contributed by atoms with E-state index < -0.39 is 0 Å². The highest BCUT2D eigenvalue weighted by atomic mass is 16.1. The van der Waals surface area contributed by atoms with E-state index in [-0.39, 0.29) is 11.8 Å². The van der Waals surface area contributed by atoms with Crippen LogP contribution in [0, 0.1) is 11.8 Å². The number of aromatic nitrogens is 2. The number of benzene rings is 3. The summed E-state index contributed by atoms with van der Waals surface area (Å²) >= 11 is 0. The molecule has 4 nitrogen and oxygen atoms in total. The Hall–Kier alpha value is -4.23. The first-order valence-corrected chi connectivity index (χ1v) is 10.7. The molecule has 0 unspecified atom stereocenters. The number of nitrogens with one attached hydrogen (secondary N) is 3. The van der Waals surface area contributed by atoms with Crippen molar-refractivity contribution in [2.45, 2.75) is 19.3 Å². The first-order valence-electron chi connectivity index (χ1n) is 10.7. The molecule has 0 atom stereocenters. The number of hydrogen-bond acceptors (Lipinski definition) is 1. The summed E-state index contributed by atoms with van der Waals surface area (Å²) in [5.41, 5.74) is 6.57. The molecule has 4 heteroatoms. The summed E-state index contributed by atoms with van der Waals surface area (Å²) < 4.78 is 0. The molecule has 0 saturated heterocycles. The highest BCUT2D eigenvalue weighted by Gasteiger charge is 2.23. The number of amides is 1. The number of para-hydroxylation sites is 3. The van der Waals surface area contributed by atoms with Crippen LogP contribution in [-0.4, -0.2) is 15.9 Å². The van der Waals surface area contributed by atoms with Crippen LogP contribution in [0.25, 0.3) is 21.8 Å². The van der Waals surface area contributed by atoms with E-state index in [2.05, 4.69) is 82.0 Å². The maximum absolute atomic E-state index is 12.2. The second-order valence-electron chi connectivity index (χ2n) is 7.82. The maximum Gasteiger partial charge on any atom is 0.300 e. The normalized spacial score (nSPS) is 10.9. The second kappa shape index (κ2) is 8.49. The standard InChI is InChI=1S/C28H23N3O/c1-2-9-28(32)31-25-13-6-3-10-19(25)16-22(23-17-29-26-14-7-4-11-20(23)26)24-18-30-27-15-8-5-12-21(24)27/h3-8,10-15,17-18,22,29-30H,16H2,1H3,(H,31,32). The third-order valence-corrected chi connectivity index (χ3v) is 5.92. The molecule has 2 heterocycles. The zero-order valence-corrected chi connectivity index (χ0v) is 17.8. The van der Waals surface area contributed by atoms with Gasteiger partial charge in [0.05, 0.1) is 0 Å². The van der Waals surface area contributed by atoms with Gasteiger partial charge in [-0.1, -0.05) is 60.5 Å². The monoisotopic (exact) mass is 417 g/mol. The predicted molar refractivity (Wildman–Crippen MR) is 131 cm³/mol. The number of H-pyrrole nitrogens is 2. The van der Waals surface area contributed by atoms with Gasteiger partial charge in [-0.05, 0) is 54.2 Å². The van der Waals surface area contributed by atoms with Crippen LogP contribution < -0.4 is 5.32 Å². The Morgan fingerprint density at radius 1 is 0.844 bits per heavy atom. The summed E-state index contributed by atoms with van der Waals surface area (Å²) in [5, 5.41) is 5.37. The van der Waals surface area contributed by atoms with Crippen molar-refractivity contribution >= 4 is 33.4 Å². The summed E-state index contributed by atoms with van der Waals surface area (Å²) in [6.45, 7) is 1.66. The quantitative estimate of drug-likeness (QED) is 0.302. The van der Waals surface area contributed by atoms with E-state index >= 15 is 0 Å². The molecule has 3 aromatic carbocycles. The summed E-state index contributed by atoms with van der Waals surface area (Å²) in [4.78, 5) is 19.0. The molecule has 0 fully saturated rings. The minimum absolute atomic E-state index is 0.0950. The van der Waals surface area contributed by atoms with Gasteiger partial charge in [0.25, 0.3) is 5.91 Å².